The van der Waals surface area contributed by atoms with Crippen LogP contribution in [0.2, 0.25) is 0 Å². The standard InChI is InChI=1S/C17H27N3O2S/c1-17(2,11-18)12-19(3)15(21)13-7-4-5-9-20(13)16(22)14-8-6-10-23-14/h6,8,10,13H,4-5,7,9,11-12,18H2,1-3H3. The molecule has 2 N–H and O–H groups in total. The SMILES string of the molecule is CN(CC(C)(C)CN)C(=O)C1CCCCN1C(=O)c1cccs1. The van der Waals surface area contributed by atoms with Crippen molar-refractivity contribution >= 4 is 23.2 Å². The van der Waals surface area contributed by atoms with E-state index in [9.17, 15) is 9.59 Å². The zero-order valence-electron chi connectivity index (χ0n) is 14.2. The number of likely N-dealkylation sites (N-methyl/N-ethyl adjacent to an activating group) is 1. The molecule has 1 aromatic rings. The molecular formula is C17H27N3O2S. The van der Waals surface area contributed by atoms with Gasteiger partial charge in [0.25, 0.3) is 5.91 Å². The van der Waals surface area contributed by atoms with Crippen LogP contribution in [0, 0.1) is 5.41 Å². The van der Waals surface area contributed by atoms with E-state index in [4.69, 9.17) is 5.73 Å². The maximum Gasteiger partial charge on any atom is 0.264 e. The van der Waals surface area contributed by atoms with Crippen molar-refractivity contribution in [3.63, 3.8) is 0 Å². The molecule has 1 aliphatic heterocycles. The molecule has 2 heterocycles. The van der Waals surface area contributed by atoms with Crippen molar-refractivity contribution in [3.05, 3.63) is 22.4 Å². The van der Waals surface area contributed by atoms with Crippen molar-refractivity contribution in [1.29, 1.82) is 0 Å². The maximum atomic E-state index is 12.9. The fraction of sp³-hybridized carbons (Fsp3) is 0.647. The van der Waals surface area contributed by atoms with Crippen molar-refractivity contribution in [2.45, 2.75) is 39.2 Å². The molecule has 2 rings (SSSR count). The van der Waals surface area contributed by atoms with E-state index in [-0.39, 0.29) is 23.3 Å². The van der Waals surface area contributed by atoms with Gasteiger partial charge >= 0.3 is 0 Å². The number of piperidine rings is 1. The molecule has 128 valence electrons. The van der Waals surface area contributed by atoms with Crippen LogP contribution in [0.1, 0.15) is 42.8 Å². The molecule has 0 spiro atoms. The summed E-state index contributed by atoms with van der Waals surface area (Å²) in [5.74, 6) is 0.000617. The predicted molar refractivity (Wildman–Crippen MR) is 93.5 cm³/mol. The van der Waals surface area contributed by atoms with E-state index >= 15 is 0 Å². The van der Waals surface area contributed by atoms with Crippen LogP contribution < -0.4 is 5.73 Å². The van der Waals surface area contributed by atoms with Crippen molar-refractivity contribution in [2.24, 2.45) is 11.1 Å². The highest BCUT2D eigenvalue weighted by atomic mass is 32.1. The summed E-state index contributed by atoms with van der Waals surface area (Å²) in [4.78, 5) is 29.7. The second-order valence-electron chi connectivity index (χ2n) is 7.05. The Hall–Kier alpha value is -1.40. The molecule has 23 heavy (non-hydrogen) atoms. The van der Waals surface area contributed by atoms with Crippen LogP contribution >= 0.6 is 11.3 Å². The van der Waals surface area contributed by atoms with Crippen LogP contribution in [-0.4, -0.2) is 54.3 Å². The Bertz CT molecular complexity index is 542. The lowest BCUT2D eigenvalue weighted by Gasteiger charge is -2.38. The van der Waals surface area contributed by atoms with Gasteiger partial charge in [-0.15, -0.1) is 11.3 Å². The first kappa shape index (κ1) is 17.9. The highest BCUT2D eigenvalue weighted by molar-refractivity contribution is 7.12. The third kappa shape index (κ3) is 4.32. The van der Waals surface area contributed by atoms with E-state index in [1.165, 1.54) is 11.3 Å². The van der Waals surface area contributed by atoms with Gasteiger partial charge in [0.05, 0.1) is 4.88 Å². The minimum atomic E-state index is -0.350. The molecule has 0 saturated carbocycles. The van der Waals surface area contributed by atoms with Gasteiger partial charge in [-0.1, -0.05) is 19.9 Å². The third-order valence-corrected chi connectivity index (χ3v) is 5.23. The lowest BCUT2D eigenvalue weighted by Crippen LogP contribution is -2.53. The Morgan fingerprint density at radius 2 is 2.17 bits per heavy atom. The molecule has 2 amide bonds. The Labute approximate surface area is 142 Å². The van der Waals surface area contributed by atoms with Gasteiger partial charge < -0.3 is 15.5 Å². The summed E-state index contributed by atoms with van der Waals surface area (Å²) < 4.78 is 0. The number of likely N-dealkylation sites (tertiary alicyclic amines) is 1. The van der Waals surface area contributed by atoms with Crippen molar-refractivity contribution < 1.29 is 9.59 Å². The number of nitrogens with two attached hydrogens (primary N) is 1. The molecule has 1 unspecified atom stereocenters. The van der Waals surface area contributed by atoms with E-state index in [1.807, 2.05) is 38.4 Å². The molecule has 1 aliphatic rings. The number of rotatable bonds is 5. The molecule has 6 heteroatoms. The van der Waals surface area contributed by atoms with Gasteiger partial charge in [0.15, 0.2) is 0 Å². The quantitative estimate of drug-likeness (QED) is 0.895. The smallest absolute Gasteiger partial charge is 0.264 e. The number of hydrogen-bond acceptors (Lipinski definition) is 4. The number of carbonyl (C=O) groups is 2. The van der Waals surface area contributed by atoms with Gasteiger partial charge in [-0.25, -0.2) is 0 Å². The second kappa shape index (κ2) is 7.45. The lowest BCUT2D eigenvalue weighted by atomic mass is 9.92. The minimum Gasteiger partial charge on any atom is -0.343 e. The average molecular weight is 337 g/mol. The molecular weight excluding hydrogens is 310 g/mol. The number of nitrogens with zero attached hydrogens (tertiary/aromatic N) is 2. The van der Waals surface area contributed by atoms with E-state index in [0.29, 0.717) is 24.5 Å². The topological polar surface area (TPSA) is 66.6 Å². The number of amides is 2. The molecule has 0 bridgehead atoms. The average Bonchev–Trinajstić information content (AvgIpc) is 3.07. The highest BCUT2D eigenvalue weighted by Gasteiger charge is 2.35. The summed E-state index contributed by atoms with van der Waals surface area (Å²) in [6.45, 7) is 5.87. The lowest BCUT2D eigenvalue weighted by molar-refractivity contribution is -0.137. The monoisotopic (exact) mass is 337 g/mol. The first-order valence-corrected chi connectivity index (χ1v) is 9.03. The van der Waals surface area contributed by atoms with E-state index in [2.05, 4.69) is 0 Å². The van der Waals surface area contributed by atoms with Crippen LogP contribution in [0.5, 0.6) is 0 Å². The summed E-state index contributed by atoms with van der Waals surface area (Å²) in [7, 11) is 1.81. The van der Waals surface area contributed by atoms with E-state index < -0.39 is 0 Å². The minimum absolute atomic E-state index is 0.0236. The predicted octanol–water partition coefficient (Wildman–Crippen LogP) is 2.19. The van der Waals surface area contributed by atoms with Crippen molar-refractivity contribution in [2.75, 3.05) is 26.7 Å². The molecule has 0 aliphatic carbocycles. The summed E-state index contributed by atoms with van der Waals surface area (Å²) >= 11 is 1.43. The van der Waals surface area contributed by atoms with Crippen molar-refractivity contribution in [1.82, 2.24) is 9.80 Å². The normalized spacial score (nSPS) is 18.8. The van der Waals surface area contributed by atoms with Gasteiger partial charge in [0.2, 0.25) is 5.91 Å². The number of thiophene rings is 1. The molecule has 1 aromatic heterocycles. The highest BCUT2D eigenvalue weighted by Crippen LogP contribution is 2.24. The van der Waals surface area contributed by atoms with E-state index in [1.54, 1.807) is 9.80 Å². The van der Waals surface area contributed by atoms with Crippen LogP contribution in [0.15, 0.2) is 17.5 Å². The first-order chi connectivity index (χ1) is 10.9. The second-order valence-corrected chi connectivity index (χ2v) is 8.00. The van der Waals surface area contributed by atoms with Gasteiger partial charge in [0.1, 0.15) is 6.04 Å². The number of carbonyl (C=O) groups excluding carboxylic acids is 2. The van der Waals surface area contributed by atoms with Crippen LogP contribution in [0.3, 0.4) is 0 Å². The molecule has 1 atom stereocenters. The van der Waals surface area contributed by atoms with Crippen LogP contribution in [0.4, 0.5) is 0 Å². The Balaban J connectivity index is 2.11. The van der Waals surface area contributed by atoms with Gasteiger partial charge in [-0.05, 0) is 42.7 Å². The Morgan fingerprint density at radius 3 is 2.78 bits per heavy atom. The zero-order valence-corrected chi connectivity index (χ0v) is 15.1. The fourth-order valence-corrected chi connectivity index (χ4v) is 3.69. The first-order valence-electron chi connectivity index (χ1n) is 8.15. The number of hydrogen-bond donors (Lipinski definition) is 1. The Kier molecular flexibility index (Phi) is 5.81. The summed E-state index contributed by atoms with van der Waals surface area (Å²) in [6, 6.07) is 3.34. The largest absolute Gasteiger partial charge is 0.343 e. The Morgan fingerprint density at radius 1 is 1.43 bits per heavy atom. The molecule has 0 radical (unpaired) electrons. The van der Waals surface area contributed by atoms with Crippen LogP contribution in [0.25, 0.3) is 0 Å². The van der Waals surface area contributed by atoms with Gasteiger partial charge in [-0.2, -0.15) is 0 Å². The molecule has 1 saturated heterocycles. The fourth-order valence-electron chi connectivity index (χ4n) is 3.01. The third-order valence-electron chi connectivity index (χ3n) is 4.37. The van der Waals surface area contributed by atoms with E-state index in [0.717, 1.165) is 19.3 Å². The van der Waals surface area contributed by atoms with Gasteiger partial charge in [0, 0.05) is 20.1 Å². The molecule has 1 fully saturated rings. The maximum absolute atomic E-state index is 12.9. The zero-order chi connectivity index (χ0) is 17.0. The summed E-state index contributed by atoms with van der Waals surface area (Å²) in [5.41, 5.74) is 5.65. The summed E-state index contributed by atoms with van der Waals surface area (Å²) in [6.07, 6.45) is 2.68. The van der Waals surface area contributed by atoms with Gasteiger partial charge in [-0.3, -0.25) is 9.59 Å². The molecule has 5 nitrogen and oxygen atoms in total. The summed E-state index contributed by atoms with van der Waals surface area (Å²) in [5, 5.41) is 1.89. The van der Waals surface area contributed by atoms with Crippen LogP contribution in [-0.2, 0) is 4.79 Å². The van der Waals surface area contributed by atoms with Crippen molar-refractivity contribution in [3.8, 4) is 0 Å². The molecule has 0 aromatic carbocycles.